The van der Waals surface area contributed by atoms with E-state index in [0.29, 0.717) is 32.5 Å². The number of rotatable bonds is 19. The van der Waals surface area contributed by atoms with E-state index in [1.807, 2.05) is 30.6 Å². The molecular formula is C36H66N3O7+. The van der Waals surface area contributed by atoms with E-state index in [4.69, 9.17) is 19.7 Å². The quantitative estimate of drug-likeness (QED) is 0.173. The summed E-state index contributed by atoms with van der Waals surface area (Å²) in [5.41, 5.74) is -0.332. The molecule has 0 radical (unpaired) electrons. The van der Waals surface area contributed by atoms with Gasteiger partial charge in [0, 0.05) is 49.7 Å². The van der Waals surface area contributed by atoms with Gasteiger partial charge in [0.05, 0.1) is 39.8 Å². The van der Waals surface area contributed by atoms with Crippen LogP contribution >= 0.6 is 0 Å². The average Bonchev–Trinajstić information content (AvgIpc) is 3.83. The summed E-state index contributed by atoms with van der Waals surface area (Å²) >= 11 is 0. The summed E-state index contributed by atoms with van der Waals surface area (Å²) in [7, 11) is 0. The Labute approximate surface area is 279 Å². The minimum absolute atomic E-state index is 0.0793. The van der Waals surface area contributed by atoms with Crippen LogP contribution in [0.1, 0.15) is 125 Å². The first kappa shape index (κ1) is 41.9. The van der Waals surface area contributed by atoms with Crippen molar-refractivity contribution in [3.8, 4) is 0 Å². The zero-order valence-electron chi connectivity index (χ0n) is 29.8. The standard InChI is InChI=1S/C21H38N2O4.C9H19O2.C6H9NO/c1-5-7-12-21(6-2,15-26-17(3)22-13-8-10-19(22)24)16-27-18(4)23-14-9-11-20(23)25;1-3-5-6-9(4-2,7-10)8-11;1-2-7-5-3-4-6(7)8/h17-18H,5-16H2,1-4H3;10-11H,1,3-8H2,2H3;2H,1,3-5H2/q;+1;. The third-order valence-corrected chi connectivity index (χ3v) is 9.88. The first-order valence-electron chi connectivity index (χ1n) is 17.8. The molecule has 3 heterocycles. The summed E-state index contributed by atoms with van der Waals surface area (Å²) in [4.78, 5) is 39.9. The van der Waals surface area contributed by atoms with E-state index in [2.05, 4.69) is 27.4 Å². The summed E-state index contributed by atoms with van der Waals surface area (Å²) in [5.74, 6) is 0.589. The predicted octanol–water partition coefficient (Wildman–Crippen LogP) is 5.67. The lowest BCUT2D eigenvalue weighted by Gasteiger charge is -2.37. The molecule has 3 saturated heterocycles. The monoisotopic (exact) mass is 652 g/mol. The Bertz CT molecular complexity index is 851. The number of carbonyl (C=O) groups is 3. The Morgan fingerprint density at radius 3 is 1.54 bits per heavy atom. The summed E-state index contributed by atoms with van der Waals surface area (Å²) in [6, 6.07) is 0. The molecule has 0 aliphatic carbocycles. The topological polar surface area (TPSA) is 120 Å². The van der Waals surface area contributed by atoms with Gasteiger partial charge < -0.3 is 34.4 Å². The Hall–Kier alpha value is -2.14. The number of carbonyl (C=O) groups excluding carboxylic acids is 3. The number of nitrogens with zero attached hydrogens (tertiary/aromatic N) is 3. The first-order valence-corrected chi connectivity index (χ1v) is 17.8. The smallest absolute Gasteiger partial charge is 0.226 e. The van der Waals surface area contributed by atoms with Gasteiger partial charge in [-0.2, -0.15) is 0 Å². The summed E-state index contributed by atoms with van der Waals surface area (Å²) in [5, 5.41) is 18.0. The number of aliphatic hydroxyl groups excluding tert-OH is 2. The highest BCUT2D eigenvalue weighted by Crippen LogP contribution is 2.32. The molecule has 0 spiro atoms. The molecule has 10 nitrogen and oxygen atoms in total. The molecule has 0 aromatic carbocycles. The van der Waals surface area contributed by atoms with E-state index < -0.39 is 0 Å². The molecule has 0 aromatic heterocycles. The fourth-order valence-electron chi connectivity index (χ4n) is 5.97. The van der Waals surface area contributed by atoms with Crippen LogP contribution in [0.4, 0.5) is 0 Å². The van der Waals surface area contributed by atoms with Crippen LogP contribution in [0, 0.1) is 17.8 Å². The van der Waals surface area contributed by atoms with Crippen molar-refractivity contribution in [2.45, 2.75) is 137 Å². The van der Waals surface area contributed by atoms with E-state index >= 15 is 0 Å². The lowest BCUT2D eigenvalue weighted by Crippen LogP contribution is -2.43. The summed E-state index contributed by atoms with van der Waals surface area (Å²) in [6.45, 7) is 21.3. The zero-order valence-corrected chi connectivity index (χ0v) is 29.8. The van der Waals surface area contributed by atoms with Crippen molar-refractivity contribution in [2.24, 2.45) is 10.8 Å². The second-order valence-corrected chi connectivity index (χ2v) is 13.2. The maximum absolute atomic E-state index is 12.0. The Balaban J connectivity index is 0.000000453. The predicted molar refractivity (Wildman–Crippen MR) is 182 cm³/mol. The molecule has 266 valence electrons. The SMILES string of the molecule is C=CN1CCCC1=O.CCCCC(CC)(COC(C)N1CCCC1=O)COC(C)N1CCCC1=O.[CH2+]CCCC(CC)(CO)CO. The van der Waals surface area contributed by atoms with E-state index in [0.717, 1.165) is 90.3 Å². The van der Waals surface area contributed by atoms with Gasteiger partial charge in [0.25, 0.3) is 0 Å². The lowest BCUT2D eigenvalue weighted by molar-refractivity contribution is -0.153. The molecule has 46 heavy (non-hydrogen) atoms. The van der Waals surface area contributed by atoms with Gasteiger partial charge in [-0.15, -0.1) is 0 Å². The Kier molecular flexibility index (Phi) is 20.4. The molecule has 3 amide bonds. The van der Waals surface area contributed by atoms with Crippen molar-refractivity contribution >= 4 is 17.7 Å². The third kappa shape index (κ3) is 13.5. The van der Waals surface area contributed by atoms with Gasteiger partial charge in [-0.05, 0) is 71.4 Å². The van der Waals surface area contributed by atoms with E-state index in [-0.39, 0.29) is 54.2 Å². The fourth-order valence-corrected chi connectivity index (χ4v) is 5.97. The molecular weight excluding hydrogens is 586 g/mol. The molecule has 3 rings (SSSR count). The third-order valence-electron chi connectivity index (χ3n) is 9.88. The van der Waals surface area contributed by atoms with E-state index in [9.17, 15) is 14.4 Å². The van der Waals surface area contributed by atoms with Crippen molar-refractivity contribution in [3.05, 3.63) is 19.7 Å². The number of hydrogen-bond donors (Lipinski definition) is 2. The van der Waals surface area contributed by atoms with Gasteiger partial charge >= 0.3 is 0 Å². The highest BCUT2D eigenvalue weighted by molar-refractivity contribution is 5.79. The molecule has 3 fully saturated rings. The van der Waals surface area contributed by atoms with Crippen molar-refractivity contribution in [1.29, 1.82) is 0 Å². The van der Waals surface area contributed by atoms with Crippen LogP contribution in [0.3, 0.4) is 0 Å². The van der Waals surface area contributed by atoms with Gasteiger partial charge in [0.1, 0.15) is 12.5 Å². The van der Waals surface area contributed by atoms with E-state index in [1.165, 1.54) is 0 Å². The molecule has 0 aromatic rings. The van der Waals surface area contributed by atoms with Gasteiger partial charge in [-0.3, -0.25) is 14.4 Å². The van der Waals surface area contributed by atoms with Gasteiger partial charge in [-0.1, -0.05) is 40.2 Å². The number of hydrogen-bond acceptors (Lipinski definition) is 7. The van der Waals surface area contributed by atoms with Crippen LogP contribution in [0.2, 0.25) is 0 Å². The molecule has 0 bridgehead atoms. The number of ether oxygens (including phenoxy) is 2. The second-order valence-electron chi connectivity index (χ2n) is 13.2. The van der Waals surface area contributed by atoms with Crippen LogP contribution in [0.25, 0.3) is 0 Å². The number of amides is 3. The molecule has 2 N–H and O–H groups in total. The maximum atomic E-state index is 12.0. The molecule has 10 heteroatoms. The molecule has 0 saturated carbocycles. The summed E-state index contributed by atoms with van der Waals surface area (Å²) < 4.78 is 12.3. The van der Waals surface area contributed by atoms with Gasteiger partial charge in [0.15, 0.2) is 0 Å². The van der Waals surface area contributed by atoms with Gasteiger partial charge in [0.2, 0.25) is 17.7 Å². The molecule has 3 aliphatic heterocycles. The van der Waals surface area contributed by atoms with E-state index in [1.54, 1.807) is 11.1 Å². The molecule has 2 unspecified atom stereocenters. The lowest BCUT2D eigenvalue weighted by atomic mass is 9.81. The van der Waals surface area contributed by atoms with Crippen LogP contribution in [-0.2, 0) is 23.9 Å². The fraction of sp³-hybridized carbons (Fsp3) is 0.833. The normalized spacial score (nSPS) is 19.4. The largest absolute Gasteiger partial charge is 0.396 e. The molecule has 3 aliphatic rings. The van der Waals surface area contributed by atoms with Crippen molar-refractivity contribution in [2.75, 3.05) is 46.1 Å². The minimum Gasteiger partial charge on any atom is -0.396 e. The number of aliphatic hydroxyl groups is 2. The Morgan fingerprint density at radius 2 is 1.24 bits per heavy atom. The Morgan fingerprint density at radius 1 is 0.783 bits per heavy atom. The van der Waals surface area contributed by atoms with Crippen LogP contribution in [-0.4, -0.2) is 101 Å². The first-order chi connectivity index (χ1) is 22.0. The van der Waals surface area contributed by atoms with Crippen LogP contribution in [0.5, 0.6) is 0 Å². The minimum atomic E-state index is -0.252. The number of unbranched alkanes of at least 4 members (excludes halogenated alkanes) is 2. The van der Waals surface area contributed by atoms with Crippen molar-refractivity contribution in [3.63, 3.8) is 0 Å². The average molecular weight is 653 g/mol. The zero-order chi connectivity index (χ0) is 34.6. The number of likely N-dealkylation sites (tertiary alicyclic amines) is 3. The van der Waals surface area contributed by atoms with Gasteiger partial charge in [-0.25, -0.2) is 0 Å². The van der Waals surface area contributed by atoms with Crippen molar-refractivity contribution in [1.82, 2.24) is 14.7 Å². The highest BCUT2D eigenvalue weighted by atomic mass is 16.5. The summed E-state index contributed by atoms with van der Waals surface area (Å²) in [6.07, 6.45) is 13.8. The second kappa shape index (κ2) is 22.4. The highest BCUT2D eigenvalue weighted by Gasteiger charge is 2.34. The maximum Gasteiger partial charge on any atom is 0.226 e. The van der Waals surface area contributed by atoms with Crippen LogP contribution in [0.15, 0.2) is 12.8 Å². The molecule has 2 atom stereocenters. The van der Waals surface area contributed by atoms with Crippen molar-refractivity contribution < 1.29 is 34.1 Å². The van der Waals surface area contributed by atoms with Crippen LogP contribution < -0.4 is 0 Å².